The molecule has 226 valence electrons. The number of hydrogen-bond acceptors (Lipinski definition) is 11. The average molecular weight is 584 g/mol. The summed E-state index contributed by atoms with van der Waals surface area (Å²) in [6, 6.07) is -3.19. The third-order valence-corrected chi connectivity index (χ3v) is 5.03. The fraction of sp³-hybridized carbons (Fsp3) is 0.500. The number of carboxylic acid groups (broad SMARTS) is 1. The van der Waals surface area contributed by atoms with Crippen molar-refractivity contribution in [2.24, 2.45) is 11.5 Å². The molecule has 0 aromatic carbocycles. The lowest BCUT2D eigenvalue weighted by molar-refractivity contribution is -0.141. The molecule has 1 rings (SSSR count). The second-order valence-electron chi connectivity index (χ2n) is 8.55. The number of oxazole rings is 1. The van der Waals surface area contributed by atoms with Gasteiger partial charge in [-0.05, 0) is 20.3 Å². The Labute approximate surface area is 232 Å². The summed E-state index contributed by atoms with van der Waals surface area (Å²) >= 11 is 0. The van der Waals surface area contributed by atoms with Crippen molar-refractivity contribution in [2.75, 3.05) is 19.6 Å². The van der Waals surface area contributed by atoms with Gasteiger partial charge in [0.1, 0.15) is 18.3 Å². The lowest BCUT2D eigenvalue weighted by Gasteiger charge is -2.15. The van der Waals surface area contributed by atoms with Crippen LogP contribution in [0.4, 0.5) is 0 Å². The second kappa shape index (κ2) is 16.8. The van der Waals surface area contributed by atoms with E-state index in [1.807, 2.05) is 0 Å². The van der Waals surface area contributed by atoms with Crippen molar-refractivity contribution < 1.29 is 47.9 Å². The van der Waals surface area contributed by atoms with E-state index in [0.717, 1.165) is 6.26 Å². The molecule has 3 atom stereocenters. The smallest absolute Gasteiger partial charge is 0.325 e. The number of aromatic nitrogens is 1. The van der Waals surface area contributed by atoms with Crippen molar-refractivity contribution in [1.82, 2.24) is 36.9 Å². The minimum atomic E-state index is -1.25. The first-order valence-corrected chi connectivity index (χ1v) is 12.1. The van der Waals surface area contributed by atoms with Crippen LogP contribution in [0.15, 0.2) is 10.7 Å². The van der Waals surface area contributed by atoms with Gasteiger partial charge in [0.15, 0.2) is 5.69 Å². The zero-order valence-corrected chi connectivity index (χ0v) is 22.3. The lowest BCUT2D eigenvalue weighted by Crippen LogP contribution is -2.49. The van der Waals surface area contributed by atoms with Gasteiger partial charge in [-0.1, -0.05) is 0 Å². The number of nitrogens with two attached hydrogens (primary N) is 2. The maximum Gasteiger partial charge on any atom is 0.325 e. The maximum atomic E-state index is 12.2. The van der Waals surface area contributed by atoms with Crippen molar-refractivity contribution in [1.29, 1.82) is 0 Å². The number of hydrogen-bond donors (Lipinski definition) is 9. The molecule has 19 heteroatoms. The number of aliphatic carboxylic acids is 1. The number of primary amides is 1. The van der Waals surface area contributed by atoms with Gasteiger partial charge in [0, 0.05) is 6.42 Å². The van der Waals surface area contributed by atoms with Crippen LogP contribution in [0.2, 0.25) is 0 Å². The van der Waals surface area contributed by atoms with Crippen LogP contribution in [0.25, 0.3) is 0 Å². The molecule has 0 aliphatic rings. The van der Waals surface area contributed by atoms with E-state index in [0.29, 0.717) is 0 Å². The Morgan fingerprint density at radius 3 is 2.05 bits per heavy atom. The Bertz CT molecular complexity index is 1150. The van der Waals surface area contributed by atoms with Gasteiger partial charge in [0.05, 0.1) is 32.2 Å². The third-order valence-electron chi connectivity index (χ3n) is 5.03. The monoisotopic (exact) mass is 583 g/mol. The number of carboxylic acids is 1. The zero-order chi connectivity index (χ0) is 31.1. The number of nitrogens with zero attached hydrogens (tertiary/aromatic N) is 1. The molecule has 0 saturated carbocycles. The highest BCUT2D eigenvalue weighted by atomic mass is 16.4. The lowest BCUT2D eigenvalue weighted by atomic mass is 10.1. The predicted octanol–water partition coefficient (Wildman–Crippen LogP) is -5.06. The van der Waals surface area contributed by atoms with E-state index >= 15 is 0 Å². The van der Waals surface area contributed by atoms with Crippen LogP contribution in [-0.4, -0.2) is 95.2 Å². The SMILES string of the molecule is CC(NC(=O)CNC(=O)CNC(=O)c1coc(CNC(=O)C(C)NC(=O)CNC(=O)C(N)CCC(N)=O)n1)C(=O)O. The molecule has 0 bridgehead atoms. The Morgan fingerprint density at radius 1 is 0.854 bits per heavy atom. The van der Waals surface area contributed by atoms with Crippen molar-refractivity contribution in [2.45, 2.75) is 51.4 Å². The first-order chi connectivity index (χ1) is 19.2. The number of nitrogens with one attached hydrogen (secondary N) is 6. The van der Waals surface area contributed by atoms with Crippen molar-refractivity contribution in [3.05, 3.63) is 17.8 Å². The summed E-state index contributed by atoms with van der Waals surface area (Å²) in [6.07, 6.45) is 0.904. The molecule has 0 aliphatic heterocycles. The molecule has 11 N–H and O–H groups in total. The molecular weight excluding hydrogens is 550 g/mol. The molecule has 19 nitrogen and oxygen atoms in total. The van der Waals surface area contributed by atoms with Gasteiger partial charge in [-0.3, -0.25) is 38.4 Å². The first-order valence-electron chi connectivity index (χ1n) is 12.1. The molecule has 0 spiro atoms. The molecule has 0 saturated heterocycles. The van der Waals surface area contributed by atoms with E-state index in [1.54, 1.807) is 0 Å². The van der Waals surface area contributed by atoms with Gasteiger partial charge >= 0.3 is 5.97 Å². The average Bonchev–Trinajstić information content (AvgIpc) is 3.39. The number of rotatable bonds is 17. The number of carbonyl (C=O) groups is 8. The Kier molecular flexibility index (Phi) is 13.9. The molecule has 1 aromatic rings. The minimum Gasteiger partial charge on any atom is -0.480 e. The van der Waals surface area contributed by atoms with Gasteiger partial charge in [0.25, 0.3) is 5.91 Å². The molecule has 0 radical (unpaired) electrons. The van der Waals surface area contributed by atoms with E-state index in [2.05, 4.69) is 36.9 Å². The van der Waals surface area contributed by atoms with E-state index in [-0.39, 0.29) is 31.0 Å². The summed E-state index contributed by atoms with van der Waals surface area (Å²) in [5.41, 5.74) is 10.4. The van der Waals surface area contributed by atoms with Crippen LogP contribution in [0, 0.1) is 0 Å². The van der Waals surface area contributed by atoms with Crippen molar-refractivity contribution in [3.63, 3.8) is 0 Å². The van der Waals surface area contributed by atoms with Crippen LogP contribution in [0.1, 0.15) is 43.1 Å². The van der Waals surface area contributed by atoms with Crippen LogP contribution >= 0.6 is 0 Å². The minimum absolute atomic E-state index is 0.0121. The van der Waals surface area contributed by atoms with Crippen molar-refractivity contribution >= 4 is 47.3 Å². The largest absolute Gasteiger partial charge is 0.480 e. The number of amides is 7. The first kappa shape index (κ1) is 34.0. The second-order valence-corrected chi connectivity index (χ2v) is 8.55. The van der Waals surface area contributed by atoms with Gasteiger partial charge in [-0.25, -0.2) is 4.98 Å². The van der Waals surface area contributed by atoms with Crippen LogP contribution in [0.5, 0.6) is 0 Å². The molecular formula is C22H33N9O10. The standard InChI is InChI=1S/C22H33N9O10/c1-10(29-17(35)7-26-20(37)12(23)3-4-14(24)32)19(36)28-8-18-31-13(9-41-18)21(38)27-5-15(33)25-6-16(34)30-11(2)22(39)40/h9-12H,3-8,23H2,1-2H3,(H2,24,32)(H,25,33)(H,26,37)(H,27,38)(H,28,36)(H,29,35)(H,30,34)(H,39,40). The van der Waals surface area contributed by atoms with Gasteiger partial charge in [0.2, 0.25) is 41.3 Å². The molecule has 41 heavy (non-hydrogen) atoms. The fourth-order valence-corrected chi connectivity index (χ4v) is 2.74. The molecule has 7 amide bonds. The molecule has 0 fully saturated rings. The molecule has 1 heterocycles. The zero-order valence-electron chi connectivity index (χ0n) is 22.3. The summed E-state index contributed by atoms with van der Waals surface area (Å²) in [5.74, 6) is -6.16. The highest BCUT2D eigenvalue weighted by Crippen LogP contribution is 2.02. The molecule has 3 unspecified atom stereocenters. The van der Waals surface area contributed by atoms with Gasteiger partial charge in [-0.15, -0.1) is 0 Å². The summed E-state index contributed by atoms with van der Waals surface area (Å²) in [6.45, 7) is 0.898. The Balaban J connectivity index is 2.37. The van der Waals surface area contributed by atoms with Gasteiger partial charge < -0.3 is 52.9 Å². The topological polar surface area (TPSA) is 307 Å². The van der Waals surface area contributed by atoms with E-state index in [4.69, 9.17) is 21.0 Å². The van der Waals surface area contributed by atoms with E-state index < -0.39 is 85.1 Å². The number of carbonyl (C=O) groups excluding carboxylic acids is 7. The van der Waals surface area contributed by atoms with Crippen LogP contribution in [0.3, 0.4) is 0 Å². The summed E-state index contributed by atoms with van der Waals surface area (Å²) in [4.78, 5) is 96.9. The molecule has 1 aromatic heterocycles. The predicted molar refractivity (Wildman–Crippen MR) is 136 cm³/mol. The quantitative estimate of drug-likeness (QED) is 0.0832. The Morgan fingerprint density at radius 2 is 1.44 bits per heavy atom. The van der Waals surface area contributed by atoms with Crippen molar-refractivity contribution in [3.8, 4) is 0 Å². The Hall–Kier alpha value is -5.07. The molecule has 0 aliphatic carbocycles. The van der Waals surface area contributed by atoms with Crippen LogP contribution < -0.4 is 43.4 Å². The summed E-state index contributed by atoms with van der Waals surface area (Å²) < 4.78 is 5.10. The summed E-state index contributed by atoms with van der Waals surface area (Å²) in [5, 5.41) is 22.4. The highest BCUT2D eigenvalue weighted by Gasteiger charge is 2.20. The van der Waals surface area contributed by atoms with Crippen LogP contribution in [-0.2, 0) is 40.1 Å². The maximum absolute atomic E-state index is 12.2. The van der Waals surface area contributed by atoms with E-state index in [1.165, 1.54) is 13.8 Å². The normalized spacial score (nSPS) is 12.6. The third kappa shape index (κ3) is 13.5. The van der Waals surface area contributed by atoms with E-state index in [9.17, 15) is 38.4 Å². The van der Waals surface area contributed by atoms with Gasteiger partial charge in [-0.2, -0.15) is 0 Å². The fourth-order valence-electron chi connectivity index (χ4n) is 2.74. The summed E-state index contributed by atoms with van der Waals surface area (Å²) in [7, 11) is 0. The highest BCUT2D eigenvalue weighted by molar-refractivity contribution is 5.95.